The molecule has 4 fully saturated rings. The highest BCUT2D eigenvalue weighted by molar-refractivity contribution is 5.69. The van der Waals surface area contributed by atoms with Gasteiger partial charge in [0.2, 0.25) is 0 Å². The number of hydrogen-bond acceptors (Lipinski definition) is 4. The third kappa shape index (κ3) is 3.30. The van der Waals surface area contributed by atoms with Crippen LogP contribution in [0.3, 0.4) is 0 Å². The Morgan fingerprint density at radius 3 is 2.50 bits per heavy atom. The smallest absolute Gasteiger partial charge is 0.410 e. The zero-order chi connectivity index (χ0) is 17.7. The van der Waals surface area contributed by atoms with Crippen LogP contribution in [-0.2, 0) is 9.47 Å². The van der Waals surface area contributed by atoms with Gasteiger partial charge >= 0.3 is 12.2 Å². The van der Waals surface area contributed by atoms with Crippen LogP contribution in [-0.4, -0.2) is 49.4 Å². The van der Waals surface area contributed by atoms with Crippen LogP contribution in [0.15, 0.2) is 11.6 Å². The van der Waals surface area contributed by atoms with Crippen LogP contribution in [0, 0.1) is 29.6 Å². The summed E-state index contributed by atoms with van der Waals surface area (Å²) in [5, 5.41) is 2.80. The molecule has 0 aromatic rings. The minimum absolute atomic E-state index is 0.116. The maximum atomic E-state index is 12.5. The van der Waals surface area contributed by atoms with E-state index in [4.69, 9.17) is 9.47 Å². The molecule has 5 aliphatic carbocycles. The van der Waals surface area contributed by atoms with Gasteiger partial charge in [-0.15, -0.1) is 0 Å². The summed E-state index contributed by atoms with van der Waals surface area (Å²) in [6.45, 7) is 2.43. The SMILES string of the molecule is O=C(NCC1CN(C(=O)OC2C3CC4=CC(C3)CC2C4)C1)OCC1CC1. The largest absolute Gasteiger partial charge is 0.449 e. The summed E-state index contributed by atoms with van der Waals surface area (Å²) in [4.78, 5) is 25.8. The van der Waals surface area contributed by atoms with Crippen molar-refractivity contribution in [1.82, 2.24) is 10.2 Å². The van der Waals surface area contributed by atoms with Crippen molar-refractivity contribution in [2.24, 2.45) is 29.6 Å². The van der Waals surface area contributed by atoms with Gasteiger partial charge in [0.15, 0.2) is 0 Å². The van der Waals surface area contributed by atoms with Crippen molar-refractivity contribution in [3.8, 4) is 0 Å². The first-order chi connectivity index (χ1) is 12.6. The Kier molecular flexibility index (Phi) is 4.09. The number of carbonyl (C=O) groups is 2. The number of allylic oxidation sites excluding steroid dienone is 2. The molecule has 6 rings (SSSR count). The topological polar surface area (TPSA) is 67.9 Å². The molecule has 2 amide bonds. The molecule has 1 N–H and O–H groups in total. The van der Waals surface area contributed by atoms with Gasteiger partial charge in [-0.3, -0.25) is 0 Å². The Hall–Kier alpha value is -1.72. The summed E-state index contributed by atoms with van der Waals surface area (Å²) in [5.74, 6) is 2.69. The van der Waals surface area contributed by atoms with Crippen molar-refractivity contribution in [2.75, 3.05) is 26.2 Å². The van der Waals surface area contributed by atoms with Crippen LogP contribution >= 0.6 is 0 Å². The molecule has 6 nitrogen and oxygen atoms in total. The maximum Gasteiger partial charge on any atom is 0.410 e. The lowest BCUT2D eigenvalue weighted by molar-refractivity contribution is -0.0550. The lowest BCUT2D eigenvalue weighted by Gasteiger charge is -2.50. The van der Waals surface area contributed by atoms with Crippen LogP contribution < -0.4 is 5.32 Å². The Balaban J connectivity index is 1.03. The Morgan fingerprint density at radius 1 is 1.12 bits per heavy atom. The summed E-state index contributed by atoms with van der Waals surface area (Å²) in [6, 6.07) is 0. The van der Waals surface area contributed by atoms with Crippen molar-refractivity contribution in [1.29, 1.82) is 0 Å². The van der Waals surface area contributed by atoms with E-state index in [-0.39, 0.29) is 18.3 Å². The van der Waals surface area contributed by atoms with E-state index in [0.717, 1.165) is 18.8 Å². The van der Waals surface area contributed by atoms with Gasteiger partial charge in [0.1, 0.15) is 6.10 Å². The molecule has 6 aliphatic rings. The fourth-order valence-corrected chi connectivity index (χ4v) is 5.28. The summed E-state index contributed by atoms with van der Waals surface area (Å²) in [7, 11) is 0. The molecule has 1 saturated heterocycles. The van der Waals surface area contributed by atoms with Crippen LogP contribution in [0.4, 0.5) is 9.59 Å². The fourth-order valence-electron chi connectivity index (χ4n) is 5.28. The zero-order valence-electron chi connectivity index (χ0n) is 15.2. The number of carbonyl (C=O) groups excluding carboxylic acids is 2. The summed E-state index contributed by atoms with van der Waals surface area (Å²) in [5.41, 5.74) is 1.60. The lowest BCUT2D eigenvalue weighted by atomic mass is 9.60. The van der Waals surface area contributed by atoms with Gasteiger partial charge in [-0.2, -0.15) is 0 Å². The first-order valence-corrected chi connectivity index (χ1v) is 10.2. The van der Waals surface area contributed by atoms with E-state index >= 15 is 0 Å². The third-order valence-corrected chi connectivity index (χ3v) is 6.79. The van der Waals surface area contributed by atoms with Crippen LogP contribution in [0.25, 0.3) is 0 Å². The Bertz CT molecular complexity index is 605. The molecule has 0 aromatic carbocycles. The first-order valence-electron chi connectivity index (χ1n) is 10.2. The van der Waals surface area contributed by atoms with Crippen LogP contribution in [0.1, 0.15) is 38.5 Å². The second kappa shape index (κ2) is 6.46. The van der Waals surface area contributed by atoms with Crippen molar-refractivity contribution in [2.45, 2.75) is 44.6 Å². The standard InChI is InChI=1S/C20H28N2O4/c23-19(25-11-12-1-2-12)21-8-15-9-22(10-15)20(24)26-18-16-4-13-3-14(6-16)7-17(18)5-13/h3,12-13,15-18H,1-2,4-11H2,(H,21,23). The molecular weight excluding hydrogens is 332 g/mol. The normalized spacial score (nSPS) is 34.9. The Labute approximate surface area is 154 Å². The molecule has 1 heterocycles. The van der Waals surface area contributed by atoms with Crippen molar-refractivity contribution in [3.05, 3.63) is 11.6 Å². The molecule has 2 atom stereocenters. The average molecular weight is 360 g/mol. The van der Waals surface area contributed by atoms with Gasteiger partial charge in [-0.1, -0.05) is 11.6 Å². The number of nitrogens with one attached hydrogen (secondary N) is 1. The minimum atomic E-state index is -0.333. The Morgan fingerprint density at radius 2 is 1.85 bits per heavy atom. The highest BCUT2D eigenvalue weighted by Gasteiger charge is 2.47. The number of alkyl carbamates (subject to hydrolysis) is 1. The zero-order valence-corrected chi connectivity index (χ0v) is 15.2. The number of amides is 2. The second-order valence-electron chi connectivity index (χ2n) is 9.03. The van der Waals surface area contributed by atoms with E-state index in [9.17, 15) is 9.59 Å². The third-order valence-electron chi connectivity index (χ3n) is 6.79. The van der Waals surface area contributed by atoms with E-state index in [1.807, 2.05) is 0 Å². The number of hydrogen-bond donors (Lipinski definition) is 1. The van der Waals surface area contributed by atoms with Crippen molar-refractivity contribution >= 4 is 12.2 Å². The van der Waals surface area contributed by atoms with Gasteiger partial charge in [0.05, 0.1) is 6.61 Å². The molecule has 4 bridgehead atoms. The number of nitrogens with zero attached hydrogens (tertiary/aromatic N) is 1. The van der Waals surface area contributed by atoms with Crippen LogP contribution in [0.2, 0.25) is 0 Å². The molecule has 26 heavy (non-hydrogen) atoms. The molecule has 2 unspecified atom stereocenters. The van der Waals surface area contributed by atoms with Crippen LogP contribution in [0.5, 0.6) is 0 Å². The van der Waals surface area contributed by atoms with Gasteiger partial charge in [0, 0.05) is 37.4 Å². The van der Waals surface area contributed by atoms with E-state index in [1.54, 1.807) is 10.5 Å². The number of rotatable bonds is 5. The maximum absolute atomic E-state index is 12.5. The van der Waals surface area contributed by atoms with Gasteiger partial charge < -0.3 is 19.7 Å². The average Bonchev–Trinajstić information content (AvgIpc) is 3.38. The predicted molar refractivity (Wildman–Crippen MR) is 94.4 cm³/mol. The predicted octanol–water partition coefficient (Wildman–Crippen LogP) is 2.94. The lowest BCUT2D eigenvalue weighted by Crippen LogP contribution is -2.56. The molecule has 0 aromatic heterocycles. The molecule has 0 spiro atoms. The van der Waals surface area contributed by atoms with Crippen molar-refractivity contribution in [3.63, 3.8) is 0 Å². The van der Waals surface area contributed by atoms with Gasteiger partial charge in [-0.05, 0) is 50.4 Å². The van der Waals surface area contributed by atoms with E-state index in [0.29, 0.717) is 49.9 Å². The van der Waals surface area contributed by atoms with Gasteiger partial charge in [-0.25, -0.2) is 9.59 Å². The molecular formula is C20H28N2O4. The van der Waals surface area contributed by atoms with Crippen molar-refractivity contribution < 1.29 is 19.1 Å². The first kappa shape index (κ1) is 16.5. The molecule has 6 heteroatoms. The quantitative estimate of drug-likeness (QED) is 0.766. The second-order valence-corrected chi connectivity index (χ2v) is 9.03. The summed E-state index contributed by atoms with van der Waals surface area (Å²) in [6.07, 6.45) is 9.06. The summed E-state index contributed by atoms with van der Waals surface area (Å²) >= 11 is 0. The highest BCUT2D eigenvalue weighted by atomic mass is 16.6. The molecule has 0 radical (unpaired) electrons. The van der Waals surface area contributed by atoms with E-state index < -0.39 is 0 Å². The minimum Gasteiger partial charge on any atom is -0.449 e. The fraction of sp³-hybridized carbons (Fsp3) is 0.800. The number of likely N-dealkylation sites (tertiary alicyclic amines) is 1. The monoisotopic (exact) mass is 360 g/mol. The van der Waals surface area contributed by atoms with E-state index in [1.165, 1.54) is 25.7 Å². The molecule has 3 saturated carbocycles. The molecule has 142 valence electrons. The van der Waals surface area contributed by atoms with E-state index in [2.05, 4.69) is 11.4 Å². The van der Waals surface area contributed by atoms with Gasteiger partial charge in [0.25, 0.3) is 0 Å². The number of ether oxygens (including phenoxy) is 2. The highest BCUT2D eigenvalue weighted by Crippen LogP contribution is 2.51. The molecule has 1 aliphatic heterocycles. The summed E-state index contributed by atoms with van der Waals surface area (Å²) < 4.78 is 11.1.